The Morgan fingerprint density at radius 3 is 2.62 bits per heavy atom. The van der Waals surface area contributed by atoms with Gasteiger partial charge in [0, 0.05) is 0 Å². The summed E-state index contributed by atoms with van der Waals surface area (Å²) in [6.45, 7) is 0. The number of nitrogens with one attached hydrogen (secondary N) is 1. The van der Waals surface area contributed by atoms with E-state index in [1.54, 1.807) is 6.07 Å². The molecule has 24 heavy (non-hydrogen) atoms. The van der Waals surface area contributed by atoms with Crippen LogP contribution in [0.25, 0.3) is 6.08 Å². The molecule has 1 heterocycles. The Hall–Kier alpha value is -2.87. The molecule has 4 nitrogen and oxygen atoms in total. The molecule has 1 aliphatic rings. The highest BCUT2D eigenvalue weighted by molar-refractivity contribution is 6.30. The quantitative estimate of drug-likeness (QED) is 0.517. The van der Waals surface area contributed by atoms with Gasteiger partial charge in [-0.25, -0.2) is 0 Å². The first-order chi connectivity index (χ1) is 11.7. The van der Waals surface area contributed by atoms with E-state index in [0.29, 0.717) is 11.6 Å². The van der Waals surface area contributed by atoms with Gasteiger partial charge in [0.1, 0.15) is 11.6 Å². The predicted molar refractivity (Wildman–Crippen MR) is 96.1 cm³/mol. The van der Waals surface area contributed by atoms with E-state index in [9.17, 15) is 10.1 Å². The van der Waals surface area contributed by atoms with Gasteiger partial charge in [-0.05, 0) is 42.1 Å². The number of hydrogen-bond acceptors (Lipinski definition) is 3. The minimum atomic E-state index is -0.346. The van der Waals surface area contributed by atoms with E-state index < -0.39 is 0 Å². The summed E-state index contributed by atoms with van der Waals surface area (Å²) in [6, 6.07) is 17.4. The fourth-order valence-electron chi connectivity index (χ4n) is 2.72. The highest BCUT2D eigenvalue weighted by Crippen LogP contribution is 2.41. The Kier molecular flexibility index (Phi) is 4.76. The molecule has 0 radical (unpaired) electrons. The number of amides is 1. The Balaban J connectivity index is 1.80. The first-order valence-corrected chi connectivity index (χ1v) is 8.08. The van der Waals surface area contributed by atoms with Crippen LogP contribution in [-0.4, -0.2) is 18.7 Å². The second-order valence-corrected chi connectivity index (χ2v) is 6.07. The lowest BCUT2D eigenvalue weighted by molar-refractivity contribution is -0.117. The SMILES string of the molecule is Bc1cccc(/C=C(\C#N)C(=O)N[C@H](c2ccccc2)C2CC2)n1. The van der Waals surface area contributed by atoms with Crippen LogP contribution in [0.15, 0.2) is 54.1 Å². The van der Waals surface area contributed by atoms with Gasteiger partial charge in [0.15, 0.2) is 7.85 Å². The van der Waals surface area contributed by atoms with Gasteiger partial charge in [-0.15, -0.1) is 0 Å². The summed E-state index contributed by atoms with van der Waals surface area (Å²) in [4.78, 5) is 16.9. The number of benzene rings is 1. The molecule has 0 bridgehead atoms. The minimum Gasteiger partial charge on any atom is -0.344 e. The first-order valence-electron chi connectivity index (χ1n) is 8.08. The molecule has 0 unspecified atom stereocenters. The van der Waals surface area contributed by atoms with E-state index >= 15 is 0 Å². The lowest BCUT2D eigenvalue weighted by atomic mass is 10.0. The number of pyridine rings is 1. The standard InChI is InChI=1S/C19H18BN3O/c20-17-8-4-7-16(22-17)11-15(12-21)19(24)23-18(14-9-10-14)13-5-2-1-3-6-13/h1-8,11,14,18H,9-10,20H2,(H,23,24)/b15-11+/t18-/m1/s1. The fourth-order valence-corrected chi connectivity index (χ4v) is 2.72. The van der Waals surface area contributed by atoms with Crippen LogP contribution >= 0.6 is 0 Å². The molecular formula is C19H18BN3O. The molecule has 0 aliphatic heterocycles. The third kappa shape index (κ3) is 3.91. The Morgan fingerprint density at radius 1 is 1.25 bits per heavy atom. The van der Waals surface area contributed by atoms with Crippen LogP contribution < -0.4 is 10.9 Å². The Bertz CT molecular complexity index is 807. The molecule has 2 aromatic rings. The van der Waals surface area contributed by atoms with E-state index in [0.717, 1.165) is 24.0 Å². The molecule has 1 fully saturated rings. The molecular weight excluding hydrogens is 297 g/mol. The maximum Gasteiger partial charge on any atom is 0.262 e. The summed E-state index contributed by atoms with van der Waals surface area (Å²) >= 11 is 0. The predicted octanol–water partition coefficient (Wildman–Crippen LogP) is 1.51. The van der Waals surface area contributed by atoms with Crippen LogP contribution in [0, 0.1) is 17.2 Å². The van der Waals surface area contributed by atoms with Crippen molar-refractivity contribution in [1.82, 2.24) is 10.3 Å². The van der Waals surface area contributed by atoms with E-state index in [1.165, 1.54) is 6.08 Å². The zero-order valence-corrected chi connectivity index (χ0v) is 13.6. The fraction of sp³-hybridized carbons (Fsp3) is 0.211. The van der Waals surface area contributed by atoms with Crippen molar-refractivity contribution in [3.05, 3.63) is 65.4 Å². The molecule has 1 atom stereocenters. The van der Waals surface area contributed by atoms with E-state index in [1.807, 2.05) is 56.4 Å². The molecule has 1 aromatic heterocycles. The summed E-state index contributed by atoms with van der Waals surface area (Å²) in [5.74, 6) is 0.106. The zero-order valence-electron chi connectivity index (χ0n) is 13.6. The van der Waals surface area contributed by atoms with Crippen LogP contribution in [0.3, 0.4) is 0 Å². The smallest absolute Gasteiger partial charge is 0.262 e. The molecule has 5 heteroatoms. The summed E-state index contributed by atoms with van der Waals surface area (Å²) < 4.78 is 0. The first kappa shape index (κ1) is 16.0. The monoisotopic (exact) mass is 315 g/mol. The minimum absolute atomic E-state index is 0.0408. The molecule has 1 saturated carbocycles. The molecule has 1 N–H and O–H groups in total. The van der Waals surface area contributed by atoms with Gasteiger partial charge in [-0.2, -0.15) is 5.26 Å². The van der Waals surface area contributed by atoms with Crippen molar-refractivity contribution in [2.75, 3.05) is 0 Å². The highest BCUT2D eigenvalue weighted by atomic mass is 16.1. The molecule has 1 amide bonds. The van der Waals surface area contributed by atoms with Crippen molar-refractivity contribution in [2.24, 2.45) is 5.92 Å². The van der Waals surface area contributed by atoms with Gasteiger partial charge in [0.05, 0.1) is 11.7 Å². The number of rotatable bonds is 5. The maximum atomic E-state index is 12.5. The van der Waals surface area contributed by atoms with Crippen LogP contribution in [0.2, 0.25) is 0 Å². The summed E-state index contributed by atoms with van der Waals surface area (Å²) in [6.07, 6.45) is 3.74. The summed E-state index contributed by atoms with van der Waals surface area (Å²) in [5, 5.41) is 12.4. The molecule has 3 rings (SSSR count). The number of hydrogen-bond donors (Lipinski definition) is 1. The van der Waals surface area contributed by atoms with Gasteiger partial charge in [-0.3, -0.25) is 9.78 Å². The second kappa shape index (κ2) is 7.14. The largest absolute Gasteiger partial charge is 0.344 e. The van der Waals surface area contributed by atoms with Gasteiger partial charge >= 0.3 is 0 Å². The maximum absolute atomic E-state index is 12.5. The van der Waals surface area contributed by atoms with Crippen molar-refractivity contribution in [3.63, 3.8) is 0 Å². The number of aromatic nitrogens is 1. The number of nitrogens with zero attached hydrogens (tertiary/aromatic N) is 2. The van der Waals surface area contributed by atoms with E-state index in [4.69, 9.17) is 0 Å². The number of carbonyl (C=O) groups is 1. The third-order valence-electron chi connectivity index (χ3n) is 4.11. The normalized spacial score (nSPS) is 15.4. The van der Waals surface area contributed by atoms with E-state index in [2.05, 4.69) is 10.3 Å². The highest BCUT2D eigenvalue weighted by Gasteiger charge is 2.33. The van der Waals surface area contributed by atoms with Gasteiger partial charge in [-0.1, -0.05) is 42.5 Å². The van der Waals surface area contributed by atoms with E-state index in [-0.39, 0.29) is 17.5 Å². The lowest BCUT2D eigenvalue weighted by Crippen LogP contribution is -2.30. The van der Waals surface area contributed by atoms with Gasteiger partial charge in [0.2, 0.25) is 0 Å². The summed E-state index contributed by atoms with van der Waals surface area (Å²) in [7, 11) is 1.88. The van der Waals surface area contributed by atoms with Crippen LogP contribution in [0.5, 0.6) is 0 Å². The van der Waals surface area contributed by atoms with Crippen molar-refractivity contribution in [2.45, 2.75) is 18.9 Å². The Morgan fingerprint density at radius 2 is 2.00 bits per heavy atom. The molecule has 0 saturated heterocycles. The van der Waals surface area contributed by atoms with Crippen LogP contribution in [0.4, 0.5) is 0 Å². The van der Waals surface area contributed by atoms with Crippen LogP contribution in [-0.2, 0) is 4.79 Å². The van der Waals surface area contributed by atoms with Crippen molar-refractivity contribution >= 4 is 25.4 Å². The topological polar surface area (TPSA) is 65.8 Å². The van der Waals surface area contributed by atoms with Crippen molar-refractivity contribution in [3.8, 4) is 6.07 Å². The third-order valence-corrected chi connectivity index (χ3v) is 4.11. The van der Waals surface area contributed by atoms with Gasteiger partial charge < -0.3 is 5.32 Å². The average molecular weight is 315 g/mol. The zero-order chi connectivity index (χ0) is 16.9. The lowest BCUT2D eigenvalue weighted by Gasteiger charge is -2.18. The summed E-state index contributed by atoms with van der Waals surface area (Å²) in [5.41, 5.74) is 2.62. The van der Waals surface area contributed by atoms with Crippen molar-refractivity contribution in [1.29, 1.82) is 5.26 Å². The molecule has 118 valence electrons. The second-order valence-electron chi connectivity index (χ2n) is 6.07. The van der Waals surface area contributed by atoms with Crippen molar-refractivity contribution < 1.29 is 4.79 Å². The number of nitriles is 1. The van der Waals surface area contributed by atoms with Gasteiger partial charge in [0.25, 0.3) is 5.91 Å². The molecule has 1 aliphatic carbocycles. The number of carbonyl (C=O) groups excluding carboxylic acids is 1. The molecule has 0 spiro atoms. The average Bonchev–Trinajstić information content (AvgIpc) is 3.43. The Labute approximate surface area is 142 Å². The molecule has 1 aromatic carbocycles. The van der Waals surface area contributed by atoms with Crippen LogP contribution in [0.1, 0.15) is 30.1 Å².